The third-order valence-corrected chi connectivity index (χ3v) is 2.95. The molecule has 0 heterocycles. The number of allylic oxidation sites excluding steroid dienone is 1. The second-order valence-electron chi connectivity index (χ2n) is 3.97. The summed E-state index contributed by atoms with van der Waals surface area (Å²) in [5.74, 6) is -0.900. The van der Waals surface area contributed by atoms with Crippen LogP contribution in [0.2, 0.25) is 0 Å². The number of aliphatic carboxylic acids is 1. The van der Waals surface area contributed by atoms with E-state index in [0.29, 0.717) is 12.8 Å². The van der Waals surface area contributed by atoms with Crippen LogP contribution in [0.3, 0.4) is 0 Å². The average Bonchev–Trinajstić information content (AvgIpc) is 2.27. The van der Waals surface area contributed by atoms with Crippen LogP contribution in [0.1, 0.15) is 12.8 Å². The van der Waals surface area contributed by atoms with Crippen LogP contribution in [0, 0.1) is 5.92 Å². The Balaban J connectivity index is 2.64. The zero-order valence-electron chi connectivity index (χ0n) is 9.50. The summed E-state index contributed by atoms with van der Waals surface area (Å²) in [6.45, 7) is 0. The van der Waals surface area contributed by atoms with Crippen LogP contribution in [0.4, 0.5) is 0 Å². The average molecular weight is 230 g/mol. The number of methoxy groups -OCH3 is 2. The maximum Gasteiger partial charge on any atom is 0.327 e. The first-order valence-corrected chi connectivity index (χ1v) is 5.23. The molecule has 5 heteroatoms. The van der Waals surface area contributed by atoms with Gasteiger partial charge < -0.3 is 19.7 Å². The van der Waals surface area contributed by atoms with Crippen LogP contribution in [0.15, 0.2) is 12.2 Å². The van der Waals surface area contributed by atoms with Gasteiger partial charge in [0.2, 0.25) is 0 Å². The van der Waals surface area contributed by atoms with Gasteiger partial charge in [-0.2, -0.15) is 0 Å². The van der Waals surface area contributed by atoms with Gasteiger partial charge in [0.1, 0.15) is 6.10 Å². The van der Waals surface area contributed by atoms with Crippen LogP contribution in [0.25, 0.3) is 0 Å². The van der Waals surface area contributed by atoms with Crippen LogP contribution < -0.4 is 0 Å². The molecular formula is C11H18O5. The van der Waals surface area contributed by atoms with Crippen molar-refractivity contribution in [1.29, 1.82) is 0 Å². The van der Waals surface area contributed by atoms with E-state index in [4.69, 9.17) is 14.6 Å². The quantitative estimate of drug-likeness (QED) is 0.685. The minimum absolute atomic E-state index is 0.0643. The van der Waals surface area contributed by atoms with Gasteiger partial charge in [0.05, 0.1) is 12.2 Å². The molecule has 1 aliphatic carbocycles. The molecule has 1 fully saturated rings. The number of carbonyl (C=O) groups is 1. The van der Waals surface area contributed by atoms with Crippen molar-refractivity contribution in [3.8, 4) is 0 Å². The molecule has 0 aromatic rings. The van der Waals surface area contributed by atoms with Gasteiger partial charge >= 0.3 is 5.97 Å². The summed E-state index contributed by atoms with van der Waals surface area (Å²) in [6.07, 6.45) is 2.73. The van der Waals surface area contributed by atoms with Gasteiger partial charge in [-0.05, 0) is 18.8 Å². The highest BCUT2D eigenvalue weighted by Gasteiger charge is 2.36. The summed E-state index contributed by atoms with van der Waals surface area (Å²) >= 11 is 0. The van der Waals surface area contributed by atoms with Gasteiger partial charge in [-0.15, -0.1) is 0 Å². The zero-order valence-corrected chi connectivity index (χ0v) is 9.50. The second kappa shape index (κ2) is 5.98. The Morgan fingerprint density at radius 3 is 2.12 bits per heavy atom. The largest absolute Gasteiger partial charge is 0.478 e. The molecule has 2 atom stereocenters. The lowest BCUT2D eigenvalue weighted by molar-refractivity contribution is -0.131. The van der Waals surface area contributed by atoms with E-state index in [1.807, 2.05) is 0 Å². The van der Waals surface area contributed by atoms with Crippen molar-refractivity contribution in [2.75, 3.05) is 14.2 Å². The topological polar surface area (TPSA) is 76.0 Å². The molecule has 2 unspecified atom stereocenters. The minimum atomic E-state index is -0.964. The molecule has 0 saturated heterocycles. The zero-order chi connectivity index (χ0) is 12.1. The van der Waals surface area contributed by atoms with E-state index in [1.165, 1.54) is 14.2 Å². The second-order valence-corrected chi connectivity index (χ2v) is 3.97. The molecule has 0 aromatic heterocycles. The van der Waals surface area contributed by atoms with Crippen molar-refractivity contribution in [1.82, 2.24) is 0 Å². The van der Waals surface area contributed by atoms with Gasteiger partial charge in [0, 0.05) is 20.3 Å². The fourth-order valence-corrected chi connectivity index (χ4v) is 2.06. The minimum Gasteiger partial charge on any atom is -0.478 e. The maximum absolute atomic E-state index is 10.4. The van der Waals surface area contributed by atoms with Gasteiger partial charge in [0.25, 0.3) is 0 Å². The molecule has 92 valence electrons. The number of aliphatic hydroxyl groups is 1. The smallest absolute Gasteiger partial charge is 0.327 e. The van der Waals surface area contributed by atoms with Crippen molar-refractivity contribution < 1.29 is 24.5 Å². The van der Waals surface area contributed by atoms with E-state index >= 15 is 0 Å². The number of hydrogen-bond acceptors (Lipinski definition) is 4. The van der Waals surface area contributed by atoms with E-state index in [9.17, 15) is 9.90 Å². The SMILES string of the molecule is COC1CC(/C=C/C(=O)O)CC(OC)C1O. The number of carboxylic acids is 1. The molecule has 0 spiro atoms. The van der Waals surface area contributed by atoms with E-state index in [0.717, 1.165) is 6.08 Å². The highest BCUT2D eigenvalue weighted by molar-refractivity contribution is 5.79. The molecule has 0 aromatic carbocycles. The Morgan fingerprint density at radius 1 is 1.25 bits per heavy atom. The number of hydrogen-bond donors (Lipinski definition) is 2. The summed E-state index contributed by atoms with van der Waals surface area (Å²) in [4.78, 5) is 10.4. The first-order valence-electron chi connectivity index (χ1n) is 5.23. The Hall–Kier alpha value is -0.910. The standard InChI is InChI=1S/C11H18O5/c1-15-8-5-7(3-4-10(12)13)6-9(16-2)11(8)14/h3-4,7-9,11,14H,5-6H2,1-2H3,(H,12,13)/b4-3+. The third-order valence-electron chi connectivity index (χ3n) is 2.95. The molecular weight excluding hydrogens is 212 g/mol. The van der Waals surface area contributed by atoms with Gasteiger partial charge in [0.15, 0.2) is 0 Å². The molecule has 0 amide bonds. The molecule has 1 aliphatic rings. The Labute approximate surface area is 94.7 Å². The number of ether oxygens (including phenoxy) is 2. The third kappa shape index (κ3) is 3.30. The van der Waals surface area contributed by atoms with Crippen molar-refractivity contribution in [3.05, 3.63) is 12.2 Å². The summed E-state index contributed by atoms with van der Waals surface area (Å²) < 4.78 is 10.3. The summed E-state index contributed by atoms with van der Waals surface area (Å²) in [6, 6.07) is 0. The molecule has 16 heavy (non-hydrogen) atoms. The first kappa shape index (κ1) is 13.2. The van der Waals surface area contributed by atoms with Gasteiger partial charge in [-0.25, -0.2) is 4.79 Å². The van der Waals surface area contributed by atoms with Gasteiger partial charge in [-0.3, -0.25) is 0 Å². The molecule has 0 aliphatic heterocycles. The number of rotatable bonds is 4. The molecule has 1 rings (SSSR count). The lowest BCUT2D eigenvalue weighted by Gasteiger charge is -2.36. The molecule has 5 nitrogen and oxygen atoms in total. The number of carboxylic acid groups (broad SMARTS) is 1. The fourth-order valence-electron chi connectivity index (χ4n) is 2.06. The Morgan fingerprint density at radius 2 is 1.75 bits per heavy atom. The summed E-state index contributed by atoms with van der Waals surface area (Å²) in [7, 11) is 3.06. The summed E-state index contributed by atoms with van der Waals surface area (Å²) in [5.41, 5.74) is 0. The van der Waals surface area contributed by atoms with E-state index in [2.05, 4.69) is 0 Å². The van der Waals surface area contributed by atoms with E-state index in [1.54, 1.807) is 6.08 Å². The van der Waals surface area contributed by atoms with Crippen molar-refractivity contribution in [2.24, 2.45) is 5.92 Å². The van der Waals surface area contributed by atoms with E-state index in [-0.39, 0.29) is 18.1 Å². The van der Waals surface area contributed by atoms with Crippen molar-refractivity contribution in [2.45, 2.75) is 31.2 Å². The lowest BCUT2D eigenvalue weighted by atomic mass is 9.83. The van der Waals surface area contributed by atoms with Crippen LogP contribution in [-0.4, -0.2) is 48.7 Å². The molecule has 0 bridgehead atoms. The highest BCUT2D eigenvalue weighted by atomic mass is 16.5. The summed E-state index contributed by atoms with van der Waals surface area (Å²) in [5, 5.41) is 18.4. The maximum atomic E-state index is 10.4. The fraction of sp³-hybridized carbons (Fsp3) is 0.727. The predicted molar refractivity (Wildman–Crippen MR) is 57.1 cm³/mol. The molecule has 2 N–H and O–H groups in total. The van der Waals surface area contributed by atoms with Crippen molar-refractivity contribution in [3.63, 3.8) is 0 Å². The van der Waals surface area contributed by atoms with Crippen LogP contribution in [0.5, 0.6) is 0 Å². The van der Waals surface area contributed by atoms with E-state index < -0.39 is 12.1 Å². The molecule has 0 radical (unpaired) electrons. The monoisotopic (exact) mass is 230 g/mol. The molecule has 1 saturated carbocycles. The van der Waals surface area contributed by atoms with Crippen LogP contribution in [-0.2, 0) is 14.3 Å². The van der Waals surface area contributed by atoms with Gasteiger partial charge in [-0.1, -0.05) is 6.08 Å². The predicted octanol–water partition coefficient (Wildman–Crippen LogP) is 0.428. The van der Waals surface area contributed by atoms with Crippen LogP contribution >= 0.6 is 0 Å². The van der Waals surface area contributed by atoms with Crippen molar-refractivity contribution >= 4 is 5.97 Å². The normalized spacial score (nSPS) is 35.4. The Bertz CT molecular complexity index is 249. The first-order chi connectivity index (χ1) is 7.58. The highest BCUT2D eigenvalue weighted by Crippen LogP contribution is 2.29. The number of aliphatic hydroxyl groups excluding tert-OH is 1. The lowest BCUT2D eigenvalue weighted by Crippen LogP contribution is -2.45. The Kier molecular flexibility index (Phi) is 4.92.